The zero-order chi connectivity index (χ0) is 18.0. The Morgan fingerprint density at radius 3 is 2.60 bits per heavy atom. The number of nitro benzene ring substituents is 1. The molecule has 130 valence electrons. The summed E-state index contributed by atoms with van der Waals surface area (Å²) >= 11 is 0. The minimum absolute atomic E-state index is 0.0421. The Labute approximate surface area is 145 Å². The lowest BCUT2D eigenvalue weighted by Crippen LogP contribution is -2.37. The van der Waals surface area contributed by atoms with Gasteiger partial charge in [0.1, 0.15) is 5.75 Å². The van der Waals surface area contributed by atoms with Crippen LogP contribution in [0.3, 0.4) is 0 Å². The Morgan fingerprint density at radius 1 is 1.20 bits per heavy atom. The first-order chi connectivity index (χ1) is 11.9. The van der Waals surface area contributed by atoms with Crippen molar-refractivity contribution >= 4 is 11.4 Å². The van der Waals surface area contributed by atoms with Crippen LogP contribution < -0.4 is 10.1 Å². The molecule has 1 heterocycles. The molecule has 6 nitrogen and oxygen atoms in total. The average Bonchev–Trinajstić information content (AvgIpc) is 2.58. The zero-order valence-corrected chi connectivity index (χ0v) is 14.2. The molecule has 0 unspecified atom stereocenters. The fraction of sp³-hybridized carbons (Fsp3) is 0.263. The number of fused-ring (bicyclic) bond motifs is 1. The van der Waals surface area contributed by atoms with E-state index in [4.69, 9.17) is 4.74 Å². The SMILES string of the molecule is CC1(C)Oc2cc([N+](=O)[O-])ccc2C(NCCc2ccccc2)=C1O. The van der Waals surface area contributed by atoms with Gasteiger partial charge in [0.2, 0.25) is 0 Å². The van der Waals surface area contributed by atoms with Gasteiger partial charge in [-0.25, -0.2) is 0 Å². The molecule has 1 aliphatic rings. The smallest absolute Gasteiger partial charge is 0.273 e. The Bertz CT molecular complexity index is 829. The fourth-order valence-electron chi connectivity index (χ4n) is 2.82. The molecule has 0 fully saturated rings. The van der Waals surface area contributed by atoms with Crippen LogP contribution in [-0.2, 0) is 6.42 Å². The highest BCUT2D eigenvalue weighted by atomic mass is 16.6. The minimum atomic E-state index is -0.961. The third-order valence-electron chi connectivity index (χ3n) is 4.18. The number of nitrogens with zero attached hydrogens (tertiary/aromatic N) is 1. The van der Waals surface area contributed by atoms with E-state index < -0.39 is 10.5 Å². The van der Waals surface area contributed by atoms with Crippen molar-refractivity contribution in [1.29, 1.82) is 0 Å². The number of nitrogens with one attached hydrogen (secondary N) is 1. The summed E-state index contributed by atoms with van der Waals surface area (Å²) < 4.78 is 5.76. The summed E-state index contributed by atoms with van der Waals surface area (Å²) in [5.41, 5.74) is 1.36. The van der Waals surface area contributed by atoms with E-state index in [9.17, 15) is 15.2 Å². The van der Waals surface area contributed by atoms with Crippen LogP contribution in [0.25, 0.3) is 5.70 Å². The number of hydrogen-bond acceptors (Lipinski definition) is 5. The number of ether oxygens (including phenoxy) is 1. The van der Waals surface area contributed by atoms with Crippen LogP contribution in [0.1, 0.15) is 25.0 Å². The first-order valence-electron chi connectivity index (χ1n) is 8.08. The highest BCUT2D eigenvalue weighted by Gasteiger charge is 2.36. The number of rotatable bonds is 5. The van der Waals surface area contributed by atoms with Crippen molar-refractivity contribution in [2.45, 2.75) is 25.9 Å². The molecule has 0 amide bonds. The van der Waals surface area contributed by atoms with Crippen molar-refractivity contribution in [3.05, 3.63) is 75.5 Å². The van der Waals surface area contributed by atoms with Crippen LogP contribution in [-0.4, -0.2) is 22.2 Å². The lowest BCUT2D eigenvalue weighted by Gasteiger charge is -2.33. The third kappa shape index (κ3) is 3.42. The van der Waals surface area contributed by atoms with E-state index in [0.29, 0.717) is 23.6 Å². The Hall–Kier alpha value is -3.02. The van der Waals surface area contributed by atoms with Gasteiger partial charge in [-0.3, -0.25) is 10.1 Å². The molecule has 0 atom stereocenters. The largest absolute Gasteiger partial charge is 0.506 e. The molecule has 2 aromatic rings. The van der Waals surface area contributed by atoms with E-state index >= 15 is 0 Å². The Morgan fingerprint density at radius 2 is 1.92 bits per heavy atom. The molecule has 6 heteroatoms. The zero-order valence-electron chi connectivity index (χ0n) is 14.2. The molecule has 0 aliphatic carbocycles. The summed E-state index contributed by atoms with van der Waals surface area (Å²) in [7, 11) is 0. The third-order valence-corrected chi connectivity index (χ3v) is 4.18. The maximum atomic E-state index is 11.0. The molecule has 2 N–H and O–H groups in total. The second-order valence-corrected chi connectivity index (χ2v) is 6.44. The second-order valence-electron chi connectivity index (χ2n) is 6.44. The lowest BCUT2D eigenvalue weighted by atomic mass is 9.96. The molecular formula is C19H20N2O4. The molecule has 25 heavy (non-hydrogen) atoms. The molecule has 0 bridgehead atoms. The van der Waals surface area contributed by atoms with E-state index in [1.54, 1.807) is 19.9 Å². The van der Waals surface area contributed by atoms with E-state index in [1.807, 2.05) is 30.3 Å². The average molecular weight is 340 g/mol. The Balaban J connectivity index is 1.87. The second kappa shape index (κ2) is 6.47. The number of nitro groups is 1. The number of hydrogen-bond donors (Lipinski definition) is 2. The van der Waals surface area contributed by atoms with E-state index in [2.05, 4.69) is 5.32 Å². The van der Waals surface area contributed by atoms with Crippen LogP contribution in [0, 0.1) is 10.1 Å². The van der Waals surface area contributed by atoms with E-state index in [1.165, 1.54) is 17.7 Å². The molecule has 0 spiro atoms. The topological polar surface area (TPSA) is 84.6 Å². The highest BCUT2D eigenvalue weighted by Crippen LogP contribution is 2.40. The lowest BCUT2D eigenvalue weighted by molar-refractivity contribution is -0.385. The maximum Gasteiger partial charge on any atom is 0.273 e. The summed E-state index contributed by atoms with van der Waals surface area (Å²) in [6.45, 7) is 4.07. The molecular weight excluding hydrogens is 320 g/mol. The van der Waals surface area contributed by atoms with Gasteiger partial charge >= 0.3 is 0 Å². The van der Waals surface area contributed by atoms with Crippen LogP contribution in [0.2, 0.25) is 0 Å². The monoisotopic (exact) mass is 340 g/mol. The van der Waals surface area contributed by atoms with Crippen molar-refractivity contribution < 1.29 is 14.8 Å². The summed E-state index contributed by atoms with van der Waals surface area (Å²) in [4.78, 5) is 10.5. The van der Waals surface area contributed by atoms with Crippen LogP contribution in [0.5, 0.6) is 5.75 Å². The predicted octanol–water partition coefficient (Wildman–Crippen LogP) is 3.82. The quantitative estimate of drug-likeness (QED) is 0.638. The van der Waals surface area contributed by atoms with Crippen LogP contribution in [0.4, 0.5) is 5.69 Å². The molecule has 0 saturated carbocycles. The summed E-state index contributed by atoms with van der Waals surface area (Å²) in [6, 6.07) is 14.4. The van der Waals surface area contributed by atoms with Gasteiger partial charge < -0.3 is 15.2 Å². The van der Waals surface area contributed by atoms with Gasteiger partial charge in [-0.1, -0.05) is 30.3 Å². The van der Waals surface area contributed by atoms with E-state index in [-0.39, 0.29) is 11.4 Å². The van der Waals surface area contributed by atoms with Crippen LogP contribution >= 0.6 is 0 Å². The van der Waals surface area contributed by atoms with Gasteiger partial charge in [-0.2, -0.15) is 0 Å². The van der Waals surface area contributed by atoms with Gasteiger partial charge in [0, 0.05) is 18.2 Å². The summed E-state index contributed by atoms with van der Waals surface area (Å²) in [5, 5.41) is 24.8. The molecule has 1 aliphatic heterocycles. The number of aliphatic hydroxyl groups is 1. The van der Waals surface area contributed by atoms with Crippen molar-refractivity contribution in [2.24, 2.45) is 0 Å². The minimum Gasteiger partial charge on any atom is -0.506 e. The van der Waals surface area contributed by atoms with Crippen LogP contribution in [0.15, 0.2) is 54.3 Å². The molecule has 0 aromatic heterocycles. The van der Waals surface area contributed by atoms with Gasteiger partial charge in [0.15, 0.2) is 11.4 Å². The van der Waals surface area contributed by atoms with Crippen molar-refractivity contribution in [3.8, 4) is 5.75 Å². The molecule has 0 radical (unpaired) electrons. The highest BCUT2D eigenvalue weighted by molar-refractivity contribution is 5.75. The normalized spacial score (nSPS) is 15.3. The van der Waals surface area contributed by atoms with Gasteiger partial charge in [0.25, 0.3) is 5.69 Å². The molecule has 3 rings (SSSR count). The number of non-ortho nitro benzene ring substituents is 1. The first-order valence-corrected chi connectivity index (χ1v) is 8.08. The molecule has 0 saturated heterocycles. The predicted molar refractivity (Wildman–Crippen MR) is 95.5 cm³/mol. The first kappa shape index (κ1) is 16.8. The number of benzene rings is 2. The van der Waals surface area contributed by atoms with E-state index in [0.717, 1.165) is 6.42 Å². The summed E-state index contributed by atoms with van der Waals surface area (Å²) in [6.07, 6.45) is 0.793. The van der Waals surface area contributed by atoms with Crippen molar-refractivity contribution in [1.82, 2.24) is 5.32 Å². The van der Waals surface area contributed by atoms with Gasteiger partial charge in [-0.15, -0.1) is 0 Å². The maximum absolute atomic E-state index is 11.0. The molecule has 2 aromatic carbocycles. The van der Waals surface area contributed by atoms with Gasteiger partial charge in [0.05, 0.1) is 16.7 Å². The van der Waals surface area contributed by atoms with Gasteiger partial charge in [-0.05, 0) is 31.9 Å². The van der Waals surface area contributed by atoms with Crippen molar-refractivity contribution in [2.75, 3.05) is 6.54 Å². The standard InChI is InChI=1S/C19H20N2O4/c1-19(2)18(22)17(20-11-10-13-6-4-3-5-7-13)15-9-8-14(21(23)24)12-16(15)25-19/h3-9,12,20,22H,10-11H2,1-2H3. The summed E-state index contributed by atoms with van der Waals surface area (Å²) in [5.74, 6) is 0.473. The Kier molecular flexibility index (Phi) is 4.35. The van der Waals surface area contributed by atoms with Crippen molar-refractivity contribution in [3.63, 3.8) is 0 Å². The fourth-order valence-corrected chi connectivity index (χ4v) is 2.82. The number of aliphatic hydroxyl groups excluding tert-OH is 1.